The molecule has 1 unspecified atom stereocenters. The molecule has 5 rings (SSSR count). The van der Waals surface area contributed by atoms with Gasteiger partial charge in [-0.2, -0.15) is 0 Å². The molecule has 1 amide bonds. The van der Waals surface area contributed by atoms with E-state index in [2.05, 4.69) is 9.88 Å². The summed E-state index contributed by atoms with van der Waals surface area (Å²) in [6.45, 7) is 5.47. The summed E-state index contributed by atoms with van der Waals surface area (Å²) in [5.41, 5.74) is 5.49. The lowest BCUT2D eigenvalue weighted by atomic mass is 9.78. The van der Waals surface area contributed by atoms with E-state index in [1.54, 1.807) is 18.3 Å². The number of hydrogen-bond acceptors (Lipinski definition) is 5. The molecule has 3 heterocycles. The number of aryl methyl sites for hydroxylation is 2. The molecule has 0 spiro atoms. The molecule has 35 heavy (non-hydrogen) atoms. The number of cyclic esters (lactones) is 1. The van der Waals surface area contributed by atoms with Gasteiger partial charge in [-0.1, -0.05) is 18.2 Å². The van der Waals surface area contributed by atoms with Gasteiger partial charge in [-0.15, -0.1) is 0 Å². The van der Waals surface area contributed by atoms with Gasteiger partial charge in [0.15, 0.2) is 0 Å². The Morgan fingerprint density at radius 2 is 1.83 bits per heavy atom. The van der Waals surface area contributed by atoms with Gasteiger partial charge in [-0.05, 0) is 49.7 Å². The van der Waals surface area contributed by atoms with Crippen LogP contribution in [0.15, 0.2) is 54.7 Å². The van der Waals surface area contributed by atoms with Crippen molar-refractivity contribution in [2.24, 2.45) is 7.05 Å². The summed E-state index contributed by atoms with van der Waals surface area (Å²) in [4.78, 5) is 32.4. The minimum absolute atomic E-state index is 0.211. The number of nitrogens with zero attached hydrogens (tertiary/aromatic N) is 3. The Morgan fingerprint density at radius 3 is 2.54 bits per heavy atom. The average molecular weight is 469 g/mol. The fourth-order valence-electron chi connectivity index (χ4n) is 5.30. The third-order valence-corrected chi connectivity index (χ3v) is 6.86. The number of pyridine rings is 1. The smallest absolute Gasteiger partial charge is 0.341 e. The number of rotatable bonds is 4. The Balaban J connectivity index is 1.99. The van der Waals surface area contributed by atoms with Crippen molar-refractivity contribution in [2.45, 2.75) is 26.4 Å². The third kappa shape index (κ3) is 3.22. The molecule has 0 saturated heterocycles. The van der Waals surface area contributed by atoms with E-state index in [1.165, 1.54) is 6.92 Å². The number of esters is 1. The summed E-state index contributed by atoms with van der Waals surface area (Å²) in [7, 11) is 5.90. The topological polar surface area (TPSA) is 76.5 Å². The van der Waals surface area contributed by atoms with Gasteiger partial charge in [0.25, 0.3) is 0 Å². The second-order valence-corrected chi connectivity index (χ2v) is 9.27. The molecule has 0 radical (unpaired) electrons. The molecule has 7 heteroatoms. The van der Waals surface area contributed by atoms with Crippen LogP contribution < -0.4 is 10.2 Å². The number of para-hydroxylation sites is 1. The number of fused-ring (bicyclic) bond motifs is 2. The lowest BCUT2D eigenvalue weighted by Crippen LogP contribution is -2.34. The highest BCUT2D eigenvalue weighted by molar-refractivity contribution is 6.00. The highest BCUT2D eigenvalue weighted by Crippen LogP contribution is 2.53. The third-order valence-electron chi connectivity index (χ3n) is 6.86. The fraction of sp³-hybridized carbons (Fsp3) is 0.250. The van der Waals surface area contributed by atoms with Crippen molar-refractivity contribution in [3.63, 3.8) is 0 Å². The summed E-state index contributed by atoms with van der Waals surface area (Å²) < 4.78 is 8.52. The van der Waals surface area contributed by atoms with Crippen molar-refractivity contribution in [3.05, 3.63) is 88.4 Å². The van der Waals surface area contributed by atoms with Crippen LogP contribution in [0.3, 0.4) is 0 Å². The van der Waals surface area contributed by atoms with E-state index in [1.807, 2.05) is 76.3 Å². The molecule has 1 aliphatic heterocycles. The first-order valence-electron chi connectivity index (χ1n) is 11.5. The number of aromatic nitrogens is 2. The summed E-state index contributed by atoms with van der Waals surface area (Å²) in [6, 6.07) is 15.5. The number of hydrogen-bond donors (Lipinski definition) is 1. The minimum atomic E-state index is -1.34. The first-order chi connectivity index (χ1) is 16.7. The molecule has 0 fully saturated rings. The van der Waals surface area contributed by atoms with E-state index in [4.69, 9.17) is 9.72 Å². The van der Waals surface area contributed by atoms with Crippen molar-refractivity contribution in [3.8, 4) is 0 Å². The van der Waals surface area contributed by atoms with Crippen LogP contribution in [0.4, 0.5) is 11.4 Å². The van der Waals surface area contributed by atoms with Gasteiger partial charge in [0.1, 0.15) is 5.69 Å². The molecule has 2 aromatic heterocycles. The maximum Gasteiger partial charge on any atom is 0.341 e. The largest absolute Gasteiger partial charge is 0.439 e. The lowest BCUT2D eigenvalue weighted by Gasteiger charge is -2.33. The van der Waals surface area contributed by atoms with Crippen molar-refractivity contribution in [1.82, 2.24) is 9.55 Å². The highest BCUT2D eigenvalue weighted by atomic mass is 16.6. The molecular formula is C28H28N4O3. The Morgan fingerprint density at radius 1 is 1.09 bits per heavy atom. The van der Waals surface area contributed by atoms with Crippen LogP contribution in [-0.2, 0) is 22.2 Å². The minimum Gasteiger partial charge on any atom is -0.439 e. The Bertz CT molecular complexity index is 1520. The monoisotopic (exact) mass is 468 g/mol. The Hall–Kier alpha value is -4.13. The molecule has 1 aliphatic rings. The van der Waals surface area contributed by atoms with Gasteiger partial charge in [0.2, 0.25) is 11.5 Å². The predicted molar refractivity (Wildman–Crippen MR) is 137 cm³/mol. The lowest BCUT2D eigenvalue weighted by molar-refractivity contribution is -0.114. The van der Waals surface area contributed by atoms with Gasteiger partial charge < -0.3 is 19.5 Å². The number of anilines is 2. The van der Waals surface area contributed by atoms with E-state index in [-0.39, 0.29) is 5.91 Å². The van der Waals surface area contributed by atoms with Gasteiger partial charge in [0, 0.05) is 67.7 Å². The Kier molecular flexibility index (Phi) is 5.16. The maximum absolute atomic E-state index is 13.3. The molecule has 0 bridgehead atoms. The standard InChI is InChI=1S/C28H28N4O3/c1-16-14-19(31(4)5)15-22(30-18(3)33)24(16)28(26-21(27(34)35-28)11-9-13-29-26)25-17(2)32(6)23-12-8-7-10-20(23)25/h7-15H,1-6H3,(H,30,33). The summed E-state index contributed by atoms with van der Waals surface area (Å²) in [6.07, 6.45) is 1.68. The summed E-state index contributed by atoms with van der Waals surface area (Å²) in [5, 5.41) is 3.97. The number of carbonyl (C=O) groups excluding carboxylic acids is 2. The van der Waals surface area contributed by atoms with Crippen LogP contribution in [0.5, 0.6) is 0 Å². The second-order valence-electron chi connectivity index (χ2n) is 9.27. The van der Waals surface area contributed by atoms with Crippen molar-refractivity contribution in [2.75, 3.05) is 24.3 Å². The Labute approximate surface area is 204 Å². The zero-order valence-electron chi connectivity index (χ0n) is 20.8. The first kappa shape index (κ1) is 22.7. The van der Waals surface area contributed by atoms with Crippen molar-refractivity contribution in [1.29, 1.82) is 0 Å². The second kappa shape index (κ2) is 7.98. The van der Waals surface area contributed by atoms with Gasteiger partial charge >= 0.3 is 5.97 Å². The zero-order chi connectivity index (χ0) is 25.1. The zero-order valence-corrected chi connectivity index (χ0v) is 20.8. The summed E-state index contributed by atoms with van der Waals surface area (Å²) in [5.74, 6) is -0.651. The van der Waals surface area contributed by atoms with E-state index in [0.717, 1.165) is 33.4 Å². The normalized spacial score (nSPS) is 16.8. The molecule has 0 aliphatic carbocycles. The molecule has 178 valence electrons. The molecule has 2 aromatic carbocycles. The van der Waals surface area contributed by atoms with Crippen LogP contribution in [0.2, 0.25) is 0 Å². The van der Waals surface area contributed by atoms with Crippen LogP contribution in [0, 0.1) is 13.8 Å². The van der Waals surface area contributed by atoms with E-state index < -0.39 is 11.6 Å². The number of carbonyl (C=O) groups is 2. The van der Waals surface area contributed by atoms with Crippen LogP contribution in [0.1, 0.15) is 45.4 Å². The van der Waals surface area contributed by atoms with Crippen LogP contribution in [-0.4, -0.2) is 35.5 Å². The molecule has 4 aromatic rings. The van der Waals surface area contributed by atoms with Crippen LogP contribution in [0.25, 0.3) is 10.9 Å². The van der Waals surface area contributed by atoms with Gasteiger partial charge in [-0.3, -0.25) is 9.78 Å². The van der Waals surface area contributed by atoms with Gasteiger partial charge in [-0.25, -0.2) is 4.79 Å². The van der Waals surface area contributed by atoms with E-state index >= 15 is 0 Å². The van der Waals surface area contributed by atoms with Gasteiger partial charge in [0.05, 0.1) is 11.3 Å². The molecule has 1 atom stereocenters. The number of ether oxygens (including phenoxy) is 1. The SMILES string of the molecule is CC(=O)Nc1cc(N(C)C)cc(C)c1C1(c2c(C)n(C)c3ccccc23)OC(=O)c2cccnc21. The average Bonchev–Trinajstić information content (AvgIpc) is 3.25. The summed E-state index contributed by atoms with van der Waals surface area (Å²) >= 11 is 0. The molecular weight excluding hydrogens is 440 g/mol. The quantitative estimate of drug-likeness (QED) is 0.440. The molecule has 1 N–H and O–H groups in total. The van der Waals surface area contributed by atoms with E-state index in [9.17, 15) is 9.59 Å². The molecule has 7 nitrogen and oxygen atoms in total. The highest BCUT2D eigenvalue weighted by Gasteiger charge is 2.54. The van der Waals surface area contributed by atoms with Crippen molar-refractivity contribution < 1.29 is 14.3 Å². The van der Waals surface area contributed by atoms with E-state index in [0.29, 0.717) is 22.5 Å². The number of amides is 1. The number of benzene rings is 2. The predicted octanol–water partition coefficient (Wildman–Crippen LogP) is 4.68. The van der Waals surface area contributed by atoms with Crippen molar-refractivity contribution >= 4 is 34.2 Å². The number of nitrogens with one attached hydrogen (secondary N) is 1. The fourth-order valence-corrected chi connectivity index (χ4v) is 5.30. The van der Waals surface area contributed by atoms with Crippen LogP contribution >= 0.6 is 0 Å². The molecule has 0 saturated carbocycles. The maximum atomic E-state index is 13.3. The first-order valence-corrected chi connectivity index (χ1v) is 11.5.